The second kappa shape index (κ2) is 7.02. The molecule has 0 saturated carbocycles. The number of nitrogens with zero attached hydrogens (tertiary/aromatic N) is 1. The highest BCUT2D eigenvalue weighted by molar-refractivity contribution is 6.30. The van der Waals surface area contributed by atoms with Crippen LogP contribution < -0.4 is 15.5 Å². The Balaban J connectivity index is 1.72. The molecule has 1 aliphatic rings. The largest absolute Gasteiger partial charge is 0.361 e. The van der Waals surface area contributed by atoms with E-state index in [2.05, 4.69) is 27.7 Å². The first-order chi connectivity index (χ1) is 11.1. The SMILES string of the molecule is Cc1cc(Cl)ccc1NC(=O)CN1CCNCc2ccccc21. The van der Waals surface area contributed by atoms with E-state index >= 15 is 0 Å². The van der Waals surface area contributed by atoms with Crippen molar-refractivity contribution in [1.82, 2.24) is 5.32 Å². The van der Waals surface area contributed by atoms with E-state index in [0.717, 1.165) is 36.6 Å². The molecule has 23 heavy (non-hydrogen) atoms. The molecule has 1 amide bonds. The first-order valence-electron chi connectivity index (χ1n) is 7.73. The zero-order chi connectivity index (χ0) is 16.2. The van der Waals surface area contributed by atoms with E-state index in [9.17, 15) is 4.79 Å². The summed E-state index contributed by atoms with van der Waals surface area (Å²) in [5, 5.41) is 7.03. The lowest BCUT2D eigenvalue weighted by Crippen LogP contribution is -2.36. The zero-order valence-corrected chi connectivity index (χ0v) is 13.9. The topological polar surface area (TPSA) is 44.4 Å². The van der Waals surface area contributed by atoms with Gasteiger partial charge < -0.3 is 15.5 Å². The first-order valence-corrected chi connectivity index (χ1v) is 8.11. The van der Waals surface area contributed by atoms with Crippen molar-refractivity contribution in [3.8, 4) is 0 Å². The normalized spacial score (nSPS) is 14.1. The number of halogens is 1. The van der Waals surface area contributed by atoms with Crippen LogP contribution in [-0.2, 0) is 11.3 Å². The minimum Gasteiger partial charge on any atom is -0.361 e. The van der Waals surface area contributed by atoms with E-state index in [1.165, 1.54) is 5.56 Å². The number of anilines is 2. The van der Waals surface area contributed by atoms with Gasteiger partial charge >= 0.3 is 0 Å². The first kappa shape index (κ1) is 15.8. The smallest absolute Gasteiger partial charge is 0.243 e. The predicted molar refractivity (Wildman–Crippen MR) is 95.2 cm³/mol. The highest BCUT2D eigenvalue weighted by Gasteiger charge is 2.17. The number of fused-ring (bicyclic) bond motifs is 1. The van der Waals surface area contributed by atoms with Crippen LogP contribution in [0.5, 0.6) is 0 Å². The summed E-state index contributed by atoms with van der Waals surface area (Å²) in [6, 6.07) is 13.7. The third-order valence-corrected chi connectivity index (χ3v) is 4.24. The van der Waals surface area contributed by atoms with E-state index in [0.29, 0.717) is 11.6 Å². The van der Waals surface area contributed by atoms with Crippen molar-refractivity contribution in [1.29, 1.82) is 0 Å². The number of rotatable bonds is 3. The molecule has 0 bridgehead atoms. The third kappa shape index (κ3) is 3.84. The van der Waals surface area contributed by atoms with E-state index in [1.54, 1.807) is 6.07 Å². The van der Waals surface area contributed by atoms with Gasteiger partial charge in [-0.1, -0.05) is 29.8 Å². The van der Waals surface area contributed by atoms with Crippen LogP contribution in [-0.4, -0.2) is 25.5 Å². The van der Waals surface area contributed by atoms with Crippen LogP contribution in [0.1, 0.15) is 11.1 Å². The van der Waals surface area contributed by atoms with Gasteiger partial charge in [0.05, 0.1) is 6.54 Å². The number of amides is 1. The maximum absolute atomic E-state index is 12.4. The van der Waals surface area contributed by atoms with Crippen molar-refractivity contribution in [2.75, 3.05) is 29.9 Å². The lowest BCUT2D eigenvalue weighted by molar-refractivity contribution is -0.115. The van der Waals surface area contributed by atoms with E-state index < -0.39 is 0 Å². The number of carbonyl (C=O) groups is 1. The summed E-state index contributed by atoms with van der Waals surface area (Å²) in [5.41, 5.74) is 4.12. The molecule has 0 saturated heterocycles. The summed E-state index contributed by atoms with van der Waals surface area (Å²) in [4.78, 5) is 14.6. The van der Waals surface area contributed by atoms with Crippen LogP contribution >= 0.6 is 11.6 Å². The molecule has 4 nitrogen and oxygen atoms in total. The van der Waals surface area contributed by atoms with Crippen molar-refractivity contribution in [3.63, 3.8) is 0 Å². The summed E-state index contributed by atoms with van der Waals surface area (Å²) in [5.74, 6) is -0.0212. The monoisotopic (exact) mass is 329 g/mol. The quantitative estimate of drug-likeness (QED) is 0.909. The maximum Gasteiger partial charge on any atom is 0.243 e. The summed E-state index contributed by atoms with van der Waals surface area (Å²) in [6.45, 7) is 4.78. The van der Waals surface area contributed by atoms with Crippen molar-refractivity contribution >= 4 is 28.9 Å². The molecular weight excluding hydrogens is 310 g/mol. The van der Waals surface area contributed by atoms with Crippen LogP contribution in [0.15, 0.2) is 42.5 Å². The van der Waals surface area contributed by atoms with Gasteiger partial charge in [0.1, 0.15) is 0 Å². The molecule has 0 atom stereocenters. The fraction of sp³-hybridized carbons (Fsp3) is 0.278. The van der Waals surface area contributed by atoms with Gasteiger partial charge in [0.25, 0.3) is 0 Å². The summed E-state index contributed by atoms with van der Waals surface area (Å²) >= 11 is 5.96. The molecule has 0 unspecified atom stereocenters. The van der Waals surface area contributed by atoms with Gasteiger partial charge in [-0.2, -0.15) is 0 Å². The highest BCUT2D eigenvalue weighted by Crippen LogP contribution is 2.23. The molecule has 120 valence electrons. The predicted octanol–water partition coefficient (Wildman–Crippen LogP) is 3.20. The Morgan fingerprint density at radius 3 is 2.96 bits per heavy atom. The van der Waals surface area contributed by atoms with Gasteiger partial charge in [-0.05, 0) is 42.3 Å². The van der Waals surface area contributed by atoms with Crippen LogP contribution in [0.2, 0.25) is 5.02 Å². The molecule has 0 aromatic heterocycles. The summed E-state index contributed by atoms with van der Waals surface area (Å²) < 4.78 is 0. The Bertz CT molecular complexity index is 717. The van der Waals surface area contributed by atoms with E-state index in [4.69, 9.17) is 11.6 Å². The Labute approximate surface area is 141 Å². The standard InChI is InChI=1S/C18H20ClN3O/c1-13-10-15(19)6-7-16(13)21-18(23)12-22-9-8-20-11-14-4-2-3-5-17(14)22/h2-7,10,20H,8-9,11-12H2,1H3,(H,21,23). The second-order valence-corrected chi connectivity index (χ2v) is 6.17. The average Bonchev–Trinajstić information content (AvgIpc) is 2.73. The number of hydrogen-bond acceptors (Lipinski definition) is 3. The number of nitrogens with one attached hydrogen (secondary N) is 2. The number of aryl methyl sites for hydroxylation is 1. The van der Waals surface area contributed by atoms with Gasteiger partial charge in [-0.25, -0.2) is 0 Å². The molecule has 1 heterocycles. The number of hydrogen-bond donors (Lipinski definition) is 2. The van der Waals surface area contributed by atoms with Gasteiger partial charge in [0, 0.05) is 36.0 Å². The van der Waals surface area contributed by atoms with Gasteiger partial charge in [0.2, 0.25) is 5.91 Å². The number of benzene rings is 2. The molecule has 3 rings (SSSR count). The van der Waals surface area contributed by atoms with E-state index in [1.807, 2.05) is 31.2 Å². The Morgan fingerprint density at radius 2 is 2.13 bits per heavy atom. The van der Waals surface area contributed by atoms with Gasteiger partial charge in [-0.3, -0.25) is 4.79 Å². The molecule has 0 spiro atoms. The highest BCUT2D eigenvalue weighted by atomic mass is 35.5. The second-order valence-electron chi connectivity index (χ2n) is 5.73. The fourth-order valence-electron chi connectivity index (χ4n) is 2.82. The molecule has 2 aromatic rings. The molecular formula is C18H20ClN3O. The van der Waals surface area contributed by atoms with Crippen LogP contribution in [0.3, 0.4) is 0 Å². The van der Waals surface area contributed by atoms with E-state index in [-0.39, 0.29) is 5.91 Å². The van der Waals surface area contributed by atoms with Crippen molar-refractivity contribution in [2.45, 2.75) is 13.5 Å². The molecule has 0 aliphatic carbocycles. The summed E-state index contributed by atoms with van der Waals surface area (Å²) in [7, 11) is 0. The van der Waals surface area contributed by atoms with Gasteiger partial charge in [-0.15, -0.1) is 0 Å². The lowest BCUT2D eigenvalue weighted by atomic mass is 10.1. The van der Waals surface area contributed by atoms with Crippen molar-refractivity contribution in [3.05, 3.63) is 58.6 Å². The molecule has 0 fully saturated rings. The van der Waals surface area contributed by atoms with Crippen LogP contribution in [0.4, 0.5) is 11.4 Å². The third-order valence-electron chi connectivity index (χ3n) is 4.00. The lowest BCUT2D eigenvalue weighted by Gasteiger charge is -2.24. The molecule has 5 heteroatoms. The number of para-hydroxylation sites is 1. The molecule has 2 N–H and O–H groups in total. The minimum absolute atomic E-state index is 0.0212. The van der Waals surface area contributed by atoms with Crippen molar-refractivity contribution < 1.29 is 4.79 Å². The molecule has 2 aromatic carbocycles. The van der Waals surface area contributed by atoms with Crippen LogP contribution in [0.25, 0.3) is 0 Å². The Hall–Kier alpha value is -2.04. The average molecular weight is 330 g/mol. The Morgan fingerprint density at radius 1 is 1.30 bits per heavy atom. The maximum atomic E-state index is 12.4. The fourth-order valence-corrected chi connectivity index (χ4v) is 3.05. The zero-order valence-electron chi connectivity index (χ0n) is 13.1. The minimum atomic E-state index is -0.0212. The molecule has 1 aliphatic heterocycles. The molecule has 0 radical (unpaired) electrons. The Kier molecular flexibility index (Phi) is 4.84. The van der Waals surface area contributed by atoms with Gasteiger partial charge in [0.15, 0.2) is 0 Å². The van der Waals surface area contributed by atoms with Crippen molar-refractivity contribution in [2.24, 2.45) is 0 Å². The van der Waals surface area contributed by atoms with Crippen LogP contribution in [0, 0.1) is 6.92 Å². The summed E-state index contributed by atoms with van der Waals surface area (Å²) in [6.07, 6.45) is 0. The number of carbonyl (C=O) groups excluding carboxylic acids is 1.